The Morgan fingerprint density at radius 2 is 2.06 bits per heavy atom. The molecule has 0 radical (unpaired) electrons. The summed E-state index contributed by atoms with van der Waals surface area (Å²) in [5, 5.41) is 21.9. The molecule has 0 bridgehead atoms. The first-order valence-corrected chi connectivity index (χ1v) is 5.60. The lowest BCUT2D eigenvalue weighted by molar-refractivity contribution is 0.0436. The van der Waals surface area contributed by atoms with Crippen LogP contribution in [0.2, 0.25) is 0 Å². The van der Waals surface area contributed by atoms with Crippen LogP contribution in [0.15, 0.2) is 42.6 Å². The Hall–Kier alpha value is -1.40. The molecule has 5 heteroatoms. The normalized spacial score (nSPS) is 18.4. The highest BCUT2D eigenvalue weighted by Crippen LogP contribution is 2.13. The molecule has 0 spiro atoms. The minimum absolute atomic E-state index is 0.229. The highest BCUT2D eigenvalue weighted by atomic mass is 16.3. The van der Waals surface area contributed by atoms with Crippen LogP contribution in [0.25, 0.3) is 0 Å². The molecule has 0 aliphatic carbocycles. The first kappa shape index (κ1) is 12.1. The summed E-state index contributed by atoms with van der Waals surface area (Å²) in [5.41, 5.74) is 4.16. The quantitative estimate of drug-likeness (QED) is 0.691. The van der Waals surface area contributed by atoms with Crippen LogP contribution in [0.4, 0.5) is 5.69 Å². The molecule has 1 aliphatic heterocycles. The molecule has 5 nitrogen and oxygen atoms in total. The molecular weight excluding hydrogens is 218 g/mol. The van der Waals surface area contributed by atoms with Crippen LogP contribution in [0.1, 0.15) is 0 Å². The van der Waals surface area contributed by atoms with Gasteiger partial charge in [-0.05, 0) is 12.1 Å². The molecule has 0 saturated heterocycles. The summed E-state index contributed by atoms with van der Waals surface area (Å²) in [5.74, 6) is 0. The maximum Gasteiger partial charge on any atom is 0.0912 e. The van der Waals surface area contributed by atoms with Gasteiger partial charge < -0.3 is 10.2 Å². The Balaban J connectivity index is 1.98. The molecule has 0 amide bonds. The maximum atomic E-state index is 9.39. The predicted molar refractivity (Wildman–Crippen MR) is 65.9 cm³/mol. The molecule has 1 aromatic rings. The summed E-state index contributed by atoms with van der Waals surface area (Å²) < 4.78 is 0. The van der Waals surface area contributed by atoms with Crippen LogP contribution >= 0.6 is 0 Å². The monoisotopic (exact) mass is 235 g/mol. The van der Waals surface area contributed by atoms with Crippen molar-refractivity contribution >= 4 is 5.69 Å². The van der Waals surface area contributed by atoms with Gasteiger partial charge >= 0.3 is 0 Å². The number of aliphatic hydroxyl groups excluding tert-OH is 2. The minimum Gasteiger partial charge on any atom is -0.394 e. The molecule has 17 heavy (non-hydrogen) atoms. The van der Waals surface area contributed by atoms with Crippen molar-refractivity contribution in [1.29, 1.82) is 0 Å². The van der Waals surface area contributed by atoms with Crippen molar-refractivity contribution in [2.45, 2.75) is 6.10 Å². The molecule has 0 aromatic heterocycles. The van der Waals surface area contributed by atoms with E-state index >= 15 is 0 Å². The Bertz CT molecular complexity index is 369. The van der Waals surface area contributed by atoms with E-state index < -0.39 is 6.10 Å². The maximum absolute atomic E-state index is 9.39. The largest absolute Gasteiger partial charge is 0.394 e. The zero-order chi connectivity index (χ0) is 12.1. The van der Waals surface area contributed by atoms with Crippen molar-refractivity contribution < 1.29 is 10.2 Å². The Labute approximate surface area is 101 Å². The number of hydrogen-bond acceptors (Lipinski definition) is 5. The fourth-order valence-corrected chi connectivity index (χ4v) is 1.67. The van der Waals surface area contributed by atoms with Gasteiger partial charge in [0.2, 0.25) is 0 Å². The third-order valence-corrected chi connectivity index (χ3v) is 2.51. The molecule has 1 atom stereocenters. The number of para-hydroxylation sites is 1. The van der Waals surface area contributed by atoms with Crippen molar-refractivity contribution in [1.82, 2.24) is 10.5 Å². The second-order valence-corrected chi connectivity index (χ2v) is 3.93. The number of anilines is 1. The lowest BCUT2D eigenvalue weighted by Gasteiger charge is -2.34. The van der Waals surface area contributed by atoms with E-state index in [1.807, 2.05) is 52.6 Å². The topological polar surface area (TPSA) is 59.0 Å². The van der Waals surface area contributed by atoms with E-state index in [1.165, 1.54) is 0 Å². The molecule has 1 heterocycles. The molecule has 1 aromatic carbocycles. The van der Waals surface area contributed by atoms with Gasteiger partial charge in [-0.3, -0.25) is 5.01 Å². The molecule has 2 rings (SSSR count). The molecule has 1 aliphatic rings. The number of nitrogens with one attached hydrogen (secondary N) is 1. The molecular formula is C12H17N3O2. The Kier molecular flexibility index (Phi) is 4.11. The summed E-state index contributed by atoms with van der Waals surface area (Å²) in [7, 11) is 0. The fraction of sp³-hybridized carbons (Fsp3) is 0.333. The van der Waals surface area contributed by atoms with Crippen LogP contribution < -0.4 is 10.5 Å². The van der Waals surface area contributed by atoms with Gasteiger partial charge in [-0.25, -0.2) is 5.01 Å². The van der Waals surface area contributed by atoms with Crippen LogP contribution in [0.5, 0.6) is 0 Å². The SMILES string of the molecule is OCC(O)CN1CC=CN(c2ccccc2)N1. The lowest BCUT2D eigenvalue weighted by Crippen LogP contribution is -2.53. The van der Waals surface area contributed by atoms with Crippen molar-refractivity contribution in [3.8, 4) is 0 Å². The zero-order valence-electron chi connectivity index (χ0n) is 9.53. The summed E-state index contributed by atoms with van der Waals surface area (Å²) >= 11 is 0. The Morgan fingerprint density at radius 1 is 1.29 bits per heavy atom. The van der Waals surface area contributed by atoms with E-state index in [4.69, 9.17) is 5.11 Å². The molecule has 0 fully saturated rings. The number of β-amino-alcohol motifs (C(OH)–C–C–N with tert-alkyl or cyclic N) is 1. The van der Waals surface area contributed by atoms with Gasteiger partial charge in [-0.1, -0.05) is 24.3 Å². The zero-order valence-corrected chi connectivity index (χ0v) is 9.53. The average molecular weight is 235 g/mol. The number of nitrogens with zero attached hydrogens (tertiary/aromatic N) is 2. The van der Waals surface area contributed by atoms with Crippen molar-refractivity contribution in [3.63, 3.8) is 0 Å². The minimum atomic E-state index is -0.730. The van der Waals surface area contributed by atoms with Crippen LogP contribution in [0, 0.1) is 0 Å². The van der Waals surface area contributed by atoms with Crippen molar-refractivity contribution in [2.24, 2.45) is 0 Å². The summed E-state index contributed by atoms with van der Waals surface area (Å²) in [6.45, 7) is 0.845. The van der Waals surface area contributed by atoms with Crippen LogP contribution in [-0.2, 0) is 0 Å². The summed E-state index contributed by atoms with van der Waals surface area (Å²) in [4.78, 5) is 0. The summed E-state index contributed by atoms with van der Waals surface area (Å²) in [6.07, 6.45) is 3.21. The van der Waals surface area contributed by atoms with Crippen LogP contribution in [-0.4, -0.2) is 41.0 Å². The number of hydrazine groups is 2. The highest BCUT2D eigenvalue weighted by molar-refractivity contribution is 5.47. The summed E-state index contributed by atoms with van der Waals surface area (Å²) in [6, 6.07) is 9.87. The van der Waals surface area contributed by atoms with E-state index in [9.17, 15) is 5.11 Å². The number of aliphatic hydroxyl groups is 2. The third-order valence-electron chi connectivity index (χ3n) is 2.51. The predicted octanol–water partition coefficient (Wildman–Crippen LogP) is 0.0951. The van der Waals surface area contributed by atoms with Gasteiger partial charge in [-0.2, -0.15) is 5.53 Å². The molecule has 1 unspecified atom stereocenters. The molecule has 3 N–H and O–H groups in total. The first-order valence-electron chi connectivity index (χ1n) is 5.60. The molecule has 92 valence electrons. The standard InChI is InChI=1S/C12H17N3O2/c16-10-12(17)9-14-7-4-8-15(13-14)11-5-2-1-3-6-11/h1-6,8,12-13,16-17H,7,9-10H2. The third kappa shape index (κ3) is 3.28. The van der Waals surface area contributed by atoms with Gasteiger partial charge in [0.15, 0.2) is 0 Å². The molecule has 0 saturated carbocycles. The number of hydrogen-bond donors (Lipinski definition) is 3. The second kappa shape index (κ2) is 5.79. The van der Waals surface area contributed by atoms with E-state index in [2.05, 4.69) is 5.53 Å². The number of rotatable bonds is 4. The lowest BCUT2D eigenvalue weighted by atomic mass is 10.3. The average Bonchev–Trinajstić information content (AvgIpc) is 2.40. The van der Waals surface area contributed by atoms with Gasteiger partial charge in [0, 0.05) is 19.3 Å². The Morgan fingerprint density at radius 3 is 2.76 bits per heavy atom. The van der Waals surface area contributed by atoms with Gasteiger partial charge in [0.05, 0.1) is 18.4 Å². The van der Waals surface area contributed by atoms with E-state index in [0.717, 1.165) is 5.69 Å². The van der Waals surface area contributed by atoms with E-state index in [-0.39, 0.29) is 6.61 Å². The van der Waals surface area contributed by atoms with Gasteiger partial charge in [0.1, 0.15) is 0 Å². The van der Waals surface area contributed by atoms with Crippen LogP contribution in [0.3, 0.4) is 0 Å². The van der Waals surface area contributed by atoms with Gasteiger partial charge in [0.25, 0.3) is 0 Å². The highest BCUT2D eigenvalue weighted by Gasteiger charge is 2.15. The van der Waals surface area contributed by atoms with E-state index in [0.29, 0.717) is 13.1 Å². The van der Waals surface area contributed by atoms with Crippen molar-refractivity contribution in [3.05, 3.63) is 42.6 Å². The van der Waals surface area contributed by atoms with E-state index in [1.54, 1.807) is 0 Å². The second-order valence-electron chi connectivity index (χ2n) is 3.93. The number of benzene rings is 1. The fourth-order valence-electron chi connectivity index (χ4n) is 1.67. The first-order chi connectivity index (χ1) is 8.29. The van der Waals surface area contributed by atoms with Crippen molar-refractivity contribution in [2.75, 3.05) is 24.7 Å². The smallest absolute Gasteiger partial charge is 0.0912 e. The van der Waals surface area contributed by atoms with Gasteiger partial charge in [-0.15, -0.1) is 0 Å².